The van der Waals surface area contributed by atoms with Gasteiger partial charge in [-0.3, -0.25) is 15.0 Å². The number of pyridine rings is 6. The summed E-state index contributed by atoms with van der Waals surface area (Å²) in [7, 11) is -3.04. The highest BCUT2D eigenvalue weighted by Gasteiger charge is 2.31. The van der Waals surface area contributed by atoms with E-state index in [2.05, 4.69) is 303 Å². The van der Waals surface area contributed by atoms with Gasteiger partial charge in [0.1, 0.15) is 0 Å². The average Bonchev–Trinajstić information content (AvgIpc) is 1.62. The van der Waals surface area contributed by atoms with E-state index in [1.807, 2.05) is 192 Å². The Bertz CT molecular complexity index is 9330. The first-order valence-electron chi connectivity index (χ1n) is 45.5. The molecule has 17 aromatic carbocycles. The summed E-state index contributed by atoms with van der Waals surface area (Å²) in [5.74, 6) is 1.92. The van der Waals surface area contributed by atoms with Gasteiger partial charge in [-0.1, -0.05) is 358 Å². The van der Waals surface area contributed by atoms with Crippen molar-refractivity contribution in [2.24, 2.45) is 0 Å². The summed E-state index contributed by atoms with van der Waals surface area (Å²) in [6.07, 6.45) is 5.86. The van der Waals surface area contributed by atoms with Crippen molar-refractivity contribution >= 4 is 183 Å². The molecule has 14 heteroatoms. The Morgan fingerprint density at radius 3 is 0.839 bits per heavy atom. The highest BCUT2D eigenvalue weighted by Crippen LogP contribution is 2.49. The van der Waals surface area contributed by atoms with Gasteiger partial charge in [-0.15, -0.1) is 34.0 Å². The van der Waals surface area contributed by atoms with E-state index in [1.165, 1.54) is 98.6 Å². The lowest BCUT2D eigenvalue weighted by molar-refractivity contribution is 0.592. The Hall–Kier alpha value is -16.9. The van der Waals surface area contributed by atoms with E-state index >= 15 is 0 Å². The van der Waals surface area contributed by atoms with Crippen molar-refractivity contribution in [1.29, 1.82) is 0 Å². The molecule has 642 valence electrons. The van der Waals surface area contributed by atoms with Crippen molar-refractivity contribution in [2.45, 2.75) is 0 Å². The summed E-state index contributed by atoms with van der Waals surface area (Å²) >= 11 is 5.47. The molecule has 0 aliphatic carbocycles. The predicted molar refractivity (Wildman–Crippen MR) is 577 cm³/mol. The van der Waals surface area contributed by atoms with Crippen LogP contribution in [0.3, 0.4) is 0 Å². The molecule has 0 N–H and O–H groups in total. The topological polar surface area (TPSA) is 133 Å². The first kappa shape index (κ1) is 82.0. The fourth-order valence-electron chi connectivity index (χ4n) is 19.0. The number of aromatic nitrogens is 9. The van der Waals surface area contributed by atoms with Crippen molar-refractivity contribution in [3.8, 4) is 113 Å². The van der Waals surface area contributed by atoms with Gasteiger partial charge in [-0.05, 0) is 145 Å². The quantitative estimate of drug-likeness (QED) is 0.103. The smallest absolute Gasteiger partial charge is 0.171 e. The van der Waals surface area contributed by atoms with Crippen molar-refractivity contribution < 1.29 is 4.57 Å². The molecule has 10 heterocycles. The van der Waals surface area contributed by atoms with E-state index in [4.69, 9.17) is 44.9 Å². The molecule has 10 nitrogen and oxygen atoms in total. The van der Waals surface area contributed by atoms with Crippen molar-refractivity contribution in [3.63, 3.8) is 0 Å². The number of thiophene rings is 3. The molecule has 0 atom stereocenters. The van der Waals surface area contributed by atoms with Gasteiger partial charge in [0, 0.05) is 145 Å². The minimum Gasteiger partial charge on any atom is -0.309 e. The maximum Gasteiger partial charge on any atom is 0.171 e. The lowest BCUT2D eigenvalue weighted by Gasteiger charge is -2.20. The van der Waals surface area contributed by atoms with Crippen molar-refractivity contribution in [3.05, 3.63) is 461 Å². The number of nitrogens with zero attached hydrogens (tertiary/aromatic N) is 9. The maximum atomic E-state index is 14.9. The minimum absolute atomic E-state index is 0.632. The summed E-state index contributed by atoms with van der Waals surface area (Å²) in [6.45, 7) is 0. The van der Waals surface area contributed by atoms with Gasteiger partial charge < -0.3 is 4.57 Å². The largest absolute Gasteiger partial charge is 0.309 e. The molecule has 0 spiro atoms. The summed E-state index contributed by atoms with van der Waals surface area (Å²) in [5.41, 5.74) is 20.1. The zero-order valence-electron chi connectivity index (χ0n) is 73.5. The molecule has 27 rings (SSSR count). The number of rotatable bonds is 13. The Morgan fingerprint density at radius 2 is 0.460 bits per heavy atom. The summed E-state index contributed by atoms with van der Waals surface area (Å²) in [6, 6.07) is 153. The van der Waals surface area contributed by atoms with E-state index in [-0.39, 0.29) is 0 Å². The molecule has 0 radical (unpaired) electrons. The van der Waals surface area contributed by atoms with Crippen LogP contribution in [0.2, 0.25) is 0 Å². The third-order valence-electron chi connectivity index (χ3n) is 25.9. The molecule has 0 fully saturated rings. The fourth-order valence-corrected chi connectivity index (χ4v) is 25.4. The predicted octanol–water partition coefficient (Wildman–Crippen LogP) is 31.9. The molecule has 10 aromatic heterocycles. The molecule has 0 aliphatic heterocycles. The number of hydrogen-bond donors (Lipinski definition) is 0. The zero-order chi connectivity index (χ0) is 90.9. The van der Waals surface area contributed by atoms with Crippen LogP contribution < -0.4 is 15.9 Å². The molecule has 137 heavy (non-hydrogen) atoms. The van der Waals surface area contributed by atoms with Crippen LogP contribution in [0, 0.1) is 0 Å². The number of benzene rings is 17. The van der Waals surface area contributed by atoms with Gasteiger partial charge in [0.05, 0.1) is 50.7 Å². The normalized spacial score (nSPS) is 11.7. The van der Waals surface area contributed by atoms with Gasteiger partial charge >= 0.3 is 0 Å². The first-order chi connectivity index (χ1) is 67.7. The Morgan fingerprint density at radius 1 is 0.190 bits per heavy atom. The summed E-state index contributed by atoms with van der Waals surface area (Å²) in [4.78, 5) is 44.8. The highest BCUT2D eigenvalue weighted by atomic mass is 32.1. The van der Waals surface area contributed by atoms with E-state index in [0.29, 0.717) is 17.5 Å². The monoisotopic (exact) mass is 1820 g/mol. The van der Waals surface area contributed by atoms with Crippen LogP contribution in [0.25, 0.3) is 238 Å². The van der Waals surface area contributed by atoms with Gasteiger partial charge in [0.15, 0.2) is 24.6 Å². The molecule has 0 bridgehead atoms. The standard InChI is InChI=1S/C42H27N2OPS.C41H25N5S.C40H24N2S/c45-46(32-11-3-1-4-12-32,33-13-5-2-6-14-33)34-23-21-28-25-29(19-20-30(28)26-34)31-22-24-38(43-27-31)41-40-36-16-8-10-18-39(36)47-42(40)35-15-7-9-17-37(35)44-41;1-3-11-27(12-4-1)39-44-40(28-13-5-2-6-14-28)46-41(45-39)29-21-19-26(20-22-29)30-23-24-34(42-25-30)37-36-32-16-8-10-18-35(32)47-38(36)31-15-7-9-17-33(31)43-37;1-2-8-26-21-27(14-13-25(26)7-1)28-15-16-30-23-31(18-17-29(30)22-28)32-19-20-36(41-24-32)39-38-34-10-4-6-12-37(34)43-40(38)33-9-3-5-11-35(33)42-39/h1-27H;1-25H;1-24H. The molecule has 0 saturated heterocycles. The highest BCUT2D eigenvalue weighted by molar-refractivity contribution is 7.85. The van der Waals surface area contributed by atoms with Gasteiger partial charge in [0.25, 0.3) is 0 Å². The second kappa shape index (κ2) is 34.9. The van der Waals surface area contributed by atoms with Gasteiger partial charge in [-0.25, -0.2) is 29.9 Å². The average molecular weight is 1820 g/mol. The van der Waals surface area contributed by atoms with E-state index in [1.54, 1.807) is 0 Å². The van der Waals surface area contributed by atoms with Crippen LogP contribution in [0.4, 0.5) is 0 Å². The van der Waals surface area contributed by atoms with Crippen molar-refractivity contribution in [2.75, 3.05) is 0 Å². The van der Waals surface area contributed by atoms with E-state index < -0.39 is 7.14 Å². The fraction of sp³-hybridized carbons (Fsp3) is 0. The maximum absolute atomic E-state index is 14.9. The SMILES string of the molecule is O=P(c1ccccc1)(c1ccccc1)c1ccc2cc(-c3ccc(-c4nc5ccccc5c5sc6ccccc6c45)nc3)ccc2c1.c1ccc(-c2nc(-c3ccccc3)nc(-c3ccc(-c4ccc(-c5nc6ccccc6c6sc7ccccc7c56)nc4)cc3)n2)cc1.c1ccc2cc(-c3ccc4cc(-c5ccc(-c6nc7ccccc7c7sc8ccccc8c67)nc5)ccc4c3)ccc2c1. The number of hydrogen-bond acceptors (Lipinski definition) is 13. The van der Waals surface area contributed by atoms with Crippen LogP contribution >= 0.6 is 41.2 Å². The molecule has 0 amide bonds. The number of para-hydroxylation sites is 3. The summed E-state index contributed by atoms with van der Waals surface area (Å²) < 4.78 is 22.4. The lowest BCUT2D eigenvalue weighted by Crippen LogP contribution is -2.24. The number of fused-ring (bicyclic) bond motifs is 18. The molecular weight excluding hydrogens is 1750 g/mol. The third-order valence-corrected chi connectivity index (χ3v) is 32.5. The second-order valence-corrected chi connectivity index (χ2v) is 40.0. The van der Waals surface area contributed by atoms with Crippen LogP contribution in [0.1, 0.15) is 0 Å². The third kappa shape index (κ3) is 15.3. The first-order valence-corrected chi connectivity index (χ1v) is 49.7. The molecular formula is C123H76N9OPS3. The lowest BCUT2D eigenvalue weighted by atomic mass is 9.97. The molecule has 0 aliphatic rings. The Labute approximate surface area is 800 Å². The molecule has 0 saturated carbocycles. The van der Waals surface area contributed by atoms with Gasteiger partial charge in [-0.2, -0.15) is 0 Å². The van der Waals surface area contributed by atoms with E-state index in [9.17, 15) is 4.57 Å². The zero-order valence-corrected chi connectivity index (χ0v) is 76.8. The Balaban J connectivity index is 0.000000109. The molecule has 0 unspecified atom stereocenters. The minimum atomic E-state index is -3.04. The van der Waals surface area contributed by atoms with E-state index in [0.717, 1.165) is 138 Å². The van der Waals surface area contributed by atoms with Crippen LogP contribution in [-0.2, 0) is 4.57 Å². The second-order valence-electron chi connectivity index (χ2n) is 34.1. The summed E-state index contributed by atoms with van der Waals surface area (Å²) in [5, 5.41) is 20.3. The van der Waals surface area contributed by atoms with Crippen LogP contribution in [-0.4, -0.2) is 44.9 Å². The van der Waals surface area contributed by atoms with Gasteiger partial charge in [0.2, 0.25) is 0 Å². The van der Waals surface area contributed by atoms with Crippen molar-refractivity contribution in [1.82, 2.24) is 44.9 Å². The van der Waals surface area contributed by atoms with Crippen LogP contribution in [0.15, 0.2) is 461 Å². The molecule has 27 aromatic rings. The van der Waals surface area contributed by atoms with Crippen LogP contribution in [0.5, 0.6) is 0 Å². The Kier molecular flexibility index (Phi) is 20.9.